The normalized spacial score (nSPS) is 22.6. The fraction of sp³-hybridized carbons (Fsp3) is 0.615. The molecule has 2 atom stereocenters. The lowest BCUT2D eigenvalue weighted by atomic mass is 10.1. The van der Waals surface area contributed by atoms with Crippen molar-refractivity contribution >= 4 is 17.9 Å². The Morgan fingerprint density at radius 3 is 2.42 bits per heavy atom. The molecule has 0 bridgehead atoms. The zero-order valence-corrected chi connectivity index (χ0v) is 11.5. The highest BCUT2D eigenvalue weighted by Gasteiger charge is 2.43. The van der Waals surface area contributed by atoms with Gasteiger partial charge in [0.25, 0.3) is 0 Å². The van der Waals surface area contributed by atoms with E-state index in [1.165, 1.54) is 6.92 Å². The number of cyclic esters (lactones) is 1. The maximum atomic E-state index is 11.7. The van der Waals surface area contributed by atoms with Crippen molar-refractivity contribution in [3.63, 3.8) is 0 Å². The summed E-state index contributed by atoms with van der Waals surface area (Å²) in [4.78, 5) is 34.5. The van der Waals surface area contributed by atoms with E-state index in [0.717, 1.165) is 0 Å². The van der Waals surface area contributed by atoms with Crippen molar-refractivity contribution in [2.75, 3.05) is 0 Å². The molecule has 0 spiro atoms. The van der Waals surface area contributed by atoms with Crippen molar-refractivity contribution in [1.82, 2.24) is 0 Å². The first-order valence-corrected chi connectivity index (χ1v) is 5.90. The first-order valence-electron chi connectivity index (χ1n) is 5.90. The van der Waals surface area contributed by atoms with Gasteiger partial charge in [-0.15, -0.1) is 0 Å². The van der Waals surface area contributed by atoms with E-state index in [-0.39, 0.29) is 12.0 Å². The minimum Gasteiger partial charge on any atom is -0.457 e. The van der Waals surface area contributed by atoms with E-state index in [4.69, 9.17) is 14.2 Å². The Bertz CT molecular complexity index is 417. The summed E-state index contributed by atoms with van der Waals surface area (Å²) in [6, 6.07) is 0. The lowest BCUT2D eigenvalue weighted by molar-refractivity contribution is -0.171. The van der Waals surface area contributed by atoms with Gasteiger partial charge >= 0.3 is 17.9 Å². The summed E-state index contributed by atoms with van der Waals surface area (Å²) in [5.41, 5.74) is -0.496. The third-order valence-electron chi connectivity index (χ3n) is 2.22. The minimum absolute atomic E-state index is 0.0350. The molecule has 6 heteroatoms. The van der Waals surface area contributed by atoms with Crippen molar-refractivity contribution in [2.24, 2.45) is 0 Å². The molecular formula is C13H18O6. The first-order chi connectivity index (χ1) is 8.60. The van der Waals surface area contributed by atoms with Crippen molar-refractivity contribution in [3.05, 3.63) is 12.2 Å². The predicted molar refractivity (Wildman–Crippen MR) is 65.0 cm³/mol. The Morgan fingerprint density at radius 1 is 1.37 bits per heavy atom. The van der Waals surface area contributed by atoms with Crippen LogP contribution in [0, 0.1) is 0 Å². The Kier molecular flexibility index (Phi) is 4.34. The number of esters is 3. The monoisotopic (exact) mass is 270 g/mol. The van der Waals surface area contributed by atoms with E-state index in [2.05, 4.69) is 6.58 Å². The van der Waals surface area contributed by atoms with E-state index in [1.807, 2.05) is 0 Å². The topological polar surface area (TPSA) is 78.9 Å². The Hall–Kier alpha value is -1.85. The second-order valence-corrected chi connectivity index (χ2v) is 5.37. The smallest absolute Gasteiger partial charge is 0.348 e. The highest BCUT2D eigenvalue weighted by atomic mass is 16.6. The molecule has 1 heterocycles. The van der Waals surface area contributed by atoms with E-state index in [0.29, 0.717) is 0 Å². The molecule has 0 aromatic rings. The van der Waals surface area contributed by atoms with Crippen LogP contribution >= 0.6 is 0 Å². The van der Waals surface area contributed by atoms with Crippen LogP contribution in [0.2, 0.25) is 0 Å². The third kappa shape index (κ3) is 4.39. The predicted octanol–water partition coefficient (Wildman–Crippen LogP) is 1.13. The average Bonchev–Trinajstić information content (AvgIpc) is 2.57. The third-order valence-corrected chi connectivity index (χ3v) is 2.22. The zero-order valence-electron chi connectivity index (χ0n) is 11.5. The fourth-order valence-corrected chi connectivity index (χ4v) is 1.39. The molecule has 0 saturated carbocycles. The van der Waals surface area contributed by atoms with Crippen LogP contribution in [-0.4, -0.2) is 35.7 Å². The molecular weight excluding hydrogens is 252 g/mol. The molecule has 1 rings (SSSR count). The molecule has 0 aromatic carbocycles. The van der Waals surface area contributed by atoms with Crippen LogP contribution in [-0.2, 0) is 28.6 Å². The molecule has 106 valence electrons. The van der Waals surface area contributed by atoms with Gasteiger partial charge in [-0.1, -0.05) is 6.58 Å². The number of hydrogen-bond donors (Lipinski definition) is 0. The molecule has 0 radical (unpaired) electrons. The summed E-state index contributed by atoms with van der Waals surface area (Å²) < 4.78 is 14.8. The quantitative estimate of drug-likeness (QED) is 0.434. The zero-order chi connectivity index (χ0) is 14.8. The number of rotatable bonds is 3. The maximum Gasteiger partial charge on any atom is 0.348 e. The minimum atomic E-state index is -1.08. The van der Waals surface area contributed by atoms with Gasteiger partial charge in [0.05, 0.1) is 0 Å². The summed E-state index contributed by atoms with van der Waals surface area (Å²) in [7, 11) is 0. The summed E-state index contributed by atoms with van der Waals surface area (Å²) in [5, 5.41) is 0. The van der Waals surface area contributed by atoms with E-state index in [1.54, 1.807) is 20.8 Å². The maximum absolute atomic E-state index is 11.7. The van der Waals surface area contributed by atoms with Crippen LogP contribution in [0.4, 0.5) is 0 Å². The van der Waals surface area contributed by atoms with Gasteiger partial charge in [-0.3, -0.25) is 0 Å². The SMILES string of the molecule is C=C(C)C(=O)OC1CC(C(=O)OC(C)(C)C)OC1=O. The van der Waals surface area contributed by atoms with Crippen LogP contribution in [0.25, 0.3) is 0 Å². The standard InChI is InChI=1S/C13H18O6/c1-7(2)10(14)17-8-6-9(18-11(8)15)12(16)19-13(3,4)5/h8-9H,1,6H2,2-5H3. The molecule has 19 heavy (non-hydrogen) atoms. The molecule has 0 N–H and O–H groups in total. The molecule has 6 nitrogen and oxygen atoms in total. The highest BCUT2D eigenvalue weighted by molar-refractivity contribution is 5.91. The molecule has 2 unspecified atom stereocenters. The lowest BCUT2D eigenvalue weighted by Gasteiger charge is -2.21. The van der Waals surface area contributed by atoms with Crippen LogP contribution < -0.4 is 0 Å². The summed E-state index contributed by atoms with van der Waals surface area (Å²) in [5.74, 6) is -2.08. The molecule has 1 aliphatic heterocycles. The van der Waals surface area contributed by atoms with E-state index in [9.17, 15) is 14.4 Å². The highest BCUT2D eigenvalue weighted by Crippen LogP contribution is 2.22. The van der Waals surface area contributed by atoms with Crippen molar-refractivity contribution < 1.29 is 28.6 Å². The second-order valence-electron chi connectivity index (χ2n) is 5.37. The average molecular weight is 270 g/mol. The molecule has 0 aromatic heterocycles. The number of carbonyl (C=O) groups excluding carboxylic acids is 3. The lowest BCUT2D eigenvalue weighted by Crippen LogP contribution is -2.31. The van der Waals surface area contributed by atoms with Crippen molar-refractivity contribution in [3.8, 4) is 0 Å². The van der Waals surface area contributed by atoms with Crippen molar-refractivity contribution in [1.29, 1.82) is 0 Å². The number of ether oxygens (including phenoxy) is 3. The van der Waals surface area contributed by atoms with Crippen molar-refractivity contribution in [2.45, 2.75) is 51.9 Å². The van der Waals surface area contributed by atoms with Gasteiger partial charge in [-0.25, -0.2) is 14.4 Å². The Labute approximate surface area is 111 Å². The summed E-state index contributed by atoms with van der Waals surface area (Å²) >= 11 is 0. The van der Waals surface area contributed by atoms with Gasteiger partial charge in [0.1, 0.15) is 5.60 Å². The van der Waals surface area contributed by atoms with Crippen LogP contribution in [0.15, 0.2) is 12.2 Å². The molecule has 1 aliphatic rings. The second kappa shape index (κ2) is 5.42. The Balaban J connectivity index is 2.60. The van der Waals surface area contributed by atoms with Gasteiger partial charge < -0.3 is 14.2 Å². The van der Waals surface area contributed by atoms with Crippen LogP contribution in [0.1, 0.15) is 34.1 Å². The molecule has 0 aliphatic carbocycles. The number of hydrogen-bond acceptors (Lipinski definition) is 6. The van der Waals surface area contributed by atoms with Gasteiger partial charge in [0.15, 0.2) is 0 Å². The van der Waals surface area contributed by atoms with Gasteiger partial charge in [0.2, 0.25) is 12.2 Å². The van der Waals surface area contributed by atoms with Crippen LogP contribution in [0.3, 0.4) is 0 Å². The van der Waals surface area contributed by atoms with Gasteiger partial charge in [-0.05, 0) is 27.7 Å². The molecule has 1 saturated heterocycles. The fourth-order valence-electron chi connectivity index (χ4n) is 1.39. The van der Waals surface area contributed by atoms with Gasteiger partial charge in [-0.2, -0.15) is 0 Å². The van der Waals surface area contributed by atoms with Crippen LogP contribution in [0.5, 0.6) is 0 Å². The first kappa shape index (κ1) is 15.2. The molecule has 0 amide bonds. The molecule has 1 fully saturated rings. The largest absolute Gasteiger partial charge is 0.457 e. The summed E-state index contributed by atoms with van der Waals surface area (Å²) in [6.45, 7) is 10.00. The summed E-state index contributed by atoms with van der Waals surface area (Å²) in [6.07, 6.45) is -2.15. The van der Waals surface area contributed by atoms with Gasteiger partial charge in [0, 0.05) is 12.0 Å². The number of carbonyl (C=O) groups is 3. The van der Waals surface area contributed by atoms with E-state index < -0.39 is 35.7 Å². The Morgan fingerprint density at radius 2 is 1.95 bits per heavy atom. The van der Waals surface area contributed by atoms with E-state index >= 15 is 0 Å².